The van der Waals surface area contributed by atoms with Crippen LogP contribution in [0.4, 0.5) is 9.59 Å². The van der Waals surface area contributed by atoms with Crippen LogP contribution in [0.1, 0.15) is 46.5 Å². The Kier molecular flexibility index (Phi) is 12.5. The average molecular weight is 333 g/mol. The third-order valence-corrected chi connectivity index (χ3v) is 3.43. The van der Waals surface area contributed by atoms with Gasteiger partial charge in [0.15, 0.2) is 0 Å². The average Bonchev–Trinajstić information content (AvgIpc) is 2.45. The monoisotopic (exact) mass is 333 g/mol. The van der Waals surface area contributed by atoms with Crippen molar-refractivity contribution in [3.05, 3.63) is 11.3 Å². The molecule has 0 fully saturated rings. The number of allylic oxidation sites excluding steroid dienone is 2. The number of hydrogen-bond acceptors (Lipinski definition) is 5. The summed E-state index contributed by atoms with van der Waals surface area (Å²) in [5.41, 5.74) is 1.14. The molecule has 0 bridgehead atoms. The lowest BCUT2D eigenvalue weighted by Crippen LogP contribution is -2.26. The quantitative estimate of drug-likeness (QED) is 0.439. The highest BCUT2D eigenvalue weighted by atomic mass is 32.2. The van der Waals surface area contributed by atoms with Crippen molar-refractivity contribution in [1.82, 2.24) is 5.32 Å². The summed E-state index contributed by atoms with van der Waals surface area (Å²) < 4.78 is 10.6. The Labute approximate surface area is 136 Å². The maximum Gasteiger partial charge on any atom is 0.407 e. The van der Waals surface area contributed by atoms with Gasteiger partial charge in [0.05, 0.1) is 5.76 Å². The third-order valence-electron chi connectivity index (χ3n) is 2.69. The Bertz CT molecular complexity index is 367. The summed E-state index contributed by atoms with van der Waals surface area (Å²) in [6.07, 6.45) is 2.90. The maximum absolute atomic E-state index is 11.4. The van der Waals surface area contributed by atoms with Crippen molar-refractivity contribution in [3.63, 3.8) is 0 Å². The minimum atomic E-state index is -0.869. The van der Waals surface area contributed by atoms with E-state index in [1.807, 2.05) is 13.8 Å². The molecule has 0 rings (SSSR count). The van der Waals surface area contributed by atoms with Crippen LogP contribution in [0.25, 0.3) is 0 Å². The summed E-state index contributed by atoms with van der Waals surface area (Å²) in [6, 6.07) is 0. The number of thioether (sulfide) groups is 1. The Morgan fingerprint density at radius 2 is 1.82 bits per heavy atom. The molecule has 0 aliphatic carbocycles. The van der Waals surface area contributed by atoms with Gasteiger partial charge in [-0.1, -0.05) is 6.92 Å². The second-order valence-electron chi connectivity index (χ2n) is 4.91. The van der Waals surface area contributed by atoms with E-state index in [1.54, 1.807) is 0 Å². The molecule has 6 nitrogen and oxygen atoms in total. The topological polar surface area (TPSA) is 84.9 Å². The van der Waals surface area contributed by atoms with Gasteiger partial charge in [-0.3, -0.25) is 0 Å². The van der Waals surface area contributed by atoms with Gasteiger partial charge in [-0.25, -0.2) is 9.59 Å². The fourth-order valence-electron chi connectivity index (χ4n) is 1.62. The molecule has 0 atom stereocenters. The van der Waals surface area contributed by atoms with Crippen molar-refractivity contribution in [2.75, 3.05) is 25.5 Å². The molecular weight excluding hydrogens is 306 g/mol. The summed E-state index contributed by atoms with van der Waals surface area (Å²) in [6.45, 7) is 7.13. The summed E-state index contributed by atoms with van der Waals surface area (Å²) >= 11 is 0.868. The van der Waals surface area contributed by atoms with Crippen molar-refractivity contribution in [2.24, 2.45) is 0 Å². The predicted octanol–water partition coefficient (Wildman–Crippen LogP) is 4.01. The van der Waals surface area contributed by atoms with Gasteiger partial charge < -0.3 is 19.9 Å². The Balaban J connectivity index is 3.57. The van der Waals surface area contributed by atoms with E-state index in [4.69, 9.17) is 14.6 Å². The van der Waals surface area contributed by atoms with Gasteiger partial charge in [0.1, 0.15) is 13.2 Å². The lowest BCUT2D eigenvalue weighted by Gasteiger charge is -2.12. The van der Waals surface area contributed by atoms with Crippen LogP contribution in [0, 0.1) is 0 Å². The first-order valence-electron chi connectivity index (χ1n) is 7.52. The first-order chi connectivity index (χ1) is 10.5. The van der Waals surface area contributed by atoms with E-state index in [2.05, 4.69) is 12.2 Å². The highest BCUT2D eigenvalue weighted by molar-refractivity contribution is 8.13. The molecule has 0 aromatic carbocycles. The molecule has 0 saturated carbocycles. The molecule has 22 heavy (non-hydrogen) atoms. The van der Waals surface area contributed by atoms with Crippen LogP contribution in [0.3, 0.4) is 0 Å². The second kappa shape index (κ2) is 13.3. The van der Waals surface area contributed by atoms with Crippen LogP contribution in [0.15, 0.2) is 11.3 Å². The van der Waals surface area contributed by atoms with Crippen LogP contribution < -0.4 is 5.32 Å². The number of carbonyl (C=O) groups excluding carboxylic acids is 1. The van der Waals surface area contributed by atoms with Crippen molar-refractivity contribution >= 4 is 23.2 Å². The van der Waals surface area contributed by atoms with Crippen molar-refractivity contribution < 1.29 is 24.2 Å². The van der Waals surface area contributed by atoms with Crippen LogP contribution in [0.5, 0.6) is 0 Å². The molecule has 0 aromatic heterocycles. The number of carbonyl (C=O) groups is 2. The minimum absolute atomic E-state index is 0.210. The van der Waals surface area contributed by atoms with Crippen molar-refractivity contribution in [2.45, 2.75) is 46.5 Å². The normalized spacial score (nSPS) is 9.95. The van der Waals surface area contributed by atoms with Gasteiger partial charge >= 0.3 is 11.4 Å². The highest BCUT2D eigenvalue weighted by Crippen LogP contribution is 2.11. The number of unbranched alkanes of at least 4 members (excludes halogenated alkanes) is 1. The van der Waals surface area contributed by atoms with Gasteiger partial charge in [0, 0.05) is 18.7 Å². The summed E-state index contributed by atoms with van der Waals surface area (Å²) in [5, 5.41) is 10.2. The van der Waals surface area contributed by atoms with Crippen molar-refractivity contribution in [1.29, 1.82) is 0 Å². The van der Waals surface area contributed by atoms with E-state index in [1.165, 1.54) is 0 Å². The zero-order valence-electron chi connectivity index (χ0n) is 13.6. The molecule has 0 aromatic rings. The zero-order chi connectivity index (χ0) is 16.8. The Morgan fingerprint density at radius 3 is 2.41 bits per heavy atom. The van der Waals surface area contributed by atoms with E-state index in [9.17, 15) is 9.59 Å². The fraction of sp³-hybridized carbons (Fsp3) is 0.733. The molecule has 0 aliphatic rings. The number of hydrogen-bond donors (Lipinski definition) is 2. The highest BCUT2D eigenvalue weighted by Gasteiger charge is 2.04. The van der Waals surface area contributed by atoms with Gasteiger partial charge in [-0.15, -0.1) is 0 Å². The summed E-state index contributed by atoms with van der Waals surface area (Å²) in [5.74, 6) is 1.51. The fourth-order valence-corrected chi connectivity index (χ4v) is 2.14. The predicted molar refractivity (Wildman–Crippen MR) is 88.3 cm³/mol. The van der Waals surface area contributed by atoms with Crippen LogP contribution >= 0.6 is 11.8 Å². The molecular formula is C15H27NO5S. The second-order valence-corrected chi connectivity index (χ2v) is 5.95. The molecule has 0 unspecified atom stereocenters. The van der Waals surface area contributed by atoms with Crippen LogP contribution in [-0.4, -0.2) is 42.0 Å². The van der Waals surface area contributed by atoms with Crippen molar-refractivity contribution in [3.8, 4) is 0 Å². The van der Waals surface area contributed by atoms with Gasteiger partial charge in [0.2, 0.25) is 0 Å². The van der Waals surface area contributed by atoms with E-state index in [-0.39, 0.29) is 6.61 Å². The number of carboxylic acid groups (broad SMARTS) is 1. The molecule has 1 amide bonds. The molecule has 0 radical (unpaired) electrons. The van der Waals surface area contributed by atoms with Gasteiger partial charge in [-0.2, -0.15) is 0 Å². The van der Waals surface area contributed by atoms with E-state index in [0.717, 1.165) is 48.8 Å². The molecule has 128 valence electrons. The first kappa shape index (κ1) is 20.6. The zero-order valence-corrected chi connectivity index (χ0v) is 14.5. The number of alkyl carbamates (subject to hydrolysis) is 1. The van der Waals surface area contributed by atoms with E-state index >= 15 is 0 Å². The van der Waals surface area contributed by atoms with Crippen LogP contribution in [0.2, 0.25) is 0 Å². The smallest absolute Gasteiger partial charge is 0.407 e. The van der Waals surface area contributed by atoms with Gasteiger partial charge in [-0.05, 0) is 50.4 Å². The lowest BCUT2D eigenvalue weighted by atomic mass is 10.2. The maximum atomic E-state index is 11.4. The molecule has 0 saturated heterocycles. The molecule has 0 spiro atoms. The summed E-state index contributed by atoms with van der Waals surface area (Å²) in [7, 11) is 0. The largest absolute Gasteiger partial charge is 0.494 e. The third kappa shape index (κ3) is 12.4. The minimum Gasteiger partial charge on any atom is -0.494 e. The Morgan fingerprint density at radius 1 is 1.14 bits per heavy atom. The number of amides is 1. The standard InChI is InChI=1S/C15H27NO5S/c1-4-7-13(12(2)3)20-9-10-21-14(17)16-8-5-6-11-22-15(18)19/h4-11H2,1-3H3,(H,16,17)(H,18,19). The van der Waals surface area contributed by atoms with E-state index < -0.39 is 11.4 Å². The summed E-state index contributed by atoms with van der Waals surface area (Å²) in [4.78, 5) is 21.7. The van der Waals surface area contributed by atoms with Crippen LogP contribution in [-0.2, 0) is 9.47 Å². The molecule has 7 heteroatoms. The SMILES string of the molecule is CCCC(OCCOC(=O)NCCCCSC(=O)O)=C(C)C. The molecule has 0 heterocycles. The molecule has 2 N–H and O–H groups in total. The number of ether oxygens (including phenoxy) is 2. The number of rotatable bonds is 11. The van der Waals surface area contributed by atoms with Gasteiger partial charge in [0.25, 0.3) is 0 Å². The first-order valence-corrected chi connectivity index (χ1v) is 8.51. The number of nitrogens with one attached hydrogen (secondary N) is 1. The van der Waals surface area contributed by atoms with E-state index in [0.29, 0.717) is 18.9 Å². The lowest BCUT2D eigenvalue weighted by molar-refractivity contribution is 0.0998. The Hall–Kier alpha value is -1.37. The molecule has 0 aliphatic heterocycles.